The van der Waals surface area contributed by atoms with Crippen LogP contribution in [0.2, 0.25) is 0 Å². The molecule has 0 aliphatic rings. The number of hydrogen-bond acceptors (Lipinski definition) is 4. The molecule has 1 atom stereocenters. The van der Waals surface area contributed by atoms with Crippen LogP contribution in [0.4, 0.5) is 0 Å². The molecule has 3 N–H and O–H groups in total. The summed E-state index contributed by atoms with van der Waals surface area (Å²) in [5, 5.41) is 2.66. The second-order valence-corrected chi connectivity index (χ2v) is 3.21. The van der Waals surface area contributed by atoms with Crippen molar-refractivity contribution in [2.24, 2.45) is 5.73 Å². The molecule has 0 rings (SSSR count). The maximum absolute atomic E-state index is 11.2. The zero-order valence-electron chi connectivity index (χ0n) is 9.41. The highest BCUT2D eigenvalue weighted by atomic mass is 16.5. The number of carbonyl (C=O) groups is 2. The zero-order chi connectivity index (χ0) is 11.7. The molecule has 0 fully saturated rings. The molecule has 0 aromatic heterocycles. The highest BCUT2D eigenvalue weighted by Gasteiger charge is 2.09. The minimum Gasteiger partial charge on any atom is -0.466 e. The van der Waals surface area contributed by atoms with Gasteiger partial charge >= 0.3 is 5.97 Å². The lowest BCUT2D eigenvalue weighted by atomic mass is 10.2. The molecule has 0 radical (unpaired) electrons. The predicted molar refractivity (Wildman–Crippen MR) is 57.1 cm³/mol. The first-order valence-electron chi connectivity index (χ1n) is 5.30. The molecule has 0 aliphatic heterocycles. The van der Waals surface area contributed by atoms with Gasteiger partial charge in [0.2, 0.25) is 5.91 Å². The Morgan fingerprint density at radius 2 is 2.07 bits per heavy atom. The summed E-state index contributed by atoms with van der Waals surface area (Å²) in [6.45, 7) is 4.47. The van der Waals surface area contributed by atoms with Crippen LogP contribution in [-0.4, -0.2) is 31.1 Å². The van der Waals surface area contributed by atoms with E-state index >= 15 is 0 Å². The first-order chi connectivity index (χ1) is 7.11. The lowest BCUT2D eigenvalue weighted by Crippen LogP contribution is -2.40. The van der Waals surface area contributed by atoms with Crippen molar-refractivity contribution in [2.75, 3.05) is 13.2 Å². The molecule has 5 nitrogen and oxygen atoms in total. The number of ether oxygens (including phenoxy) is 1. The van der Waals surface area contributed by atoms with Crippen molar-refractivity contribution >= 4 is 11.9 Å². The van der Waals surface area contributed by atoms with Gasteiger partial charge in [-0.15, -0.1) is 0 Å². The third kappa shape index (κ3) is 6.90. The topological polar surface area (TPSA) is 81.4 Å². The first-order valence-corrected chi connectivity index (χ1v) is 5.30. The third-order valence-electron chi connectivity index (χ3n) is 1.94. The summed E-state index contributed by atoms with van der Waals surface area (Å²) in [4.78, 5) is 22.1. The lowest BCUT2D eigenvalue weighted by molar-refractivity contribution is -0.143. The summed E-state index contributed by atoms with van der Waals surface area (Å²) in [5.74, 6) is -0.395. The van der Waals surface area contributed by atoms with Crippen LogP contribution in [-0.2, 0) is 14.3 Å². The van der Waals surface area contributed by atoms with Gasteiger partial charge in [-0.05, 0) is 19.8 Å². The Balaban J connectivity index is 3.46. The van der Waals surface area contributed by atoms with Crippen LogP contribution in [0, 0.1) is 0 Å². The molecule has 0 saturated carbocycles. The molecule has 0 aliphatic carbocycles. The van der Waals surface area contributed by atoms with E-state index < -0.39 is 6.04 Å². The first kappa shape index (κ1) is 13.9. The van der Waals surface area contributed by atoms with Gasteiger partial charge in [0, 0.05) is 13.0 Å². The van der Waals surface area contributed by atoms with E-state index in [1.807, 2.05) is 6.92 Å². The molecule has 0 saturated heterocycles. The quantitative estimate of drug-likeness (QED) is 0.470. The Bertz CT molecular complexity index is 207. The predicted octanol–water partition coefficient (Wildman–Crippen LogP) is 0.183. The molecule has 88 valence electrons. The monoisotopic (exact) mass is 216 g/mol. The number of hydrogen-bond donors (Lipinski definition) is 2. The van der Waals surface area contributed by atoms with Crippen LogP contribution in [0.5, 0.6) is 0 Å². The van der Waals surface area contributed by atoms with E-state index in [0.717, 1.165) is 0 Å². The van der Waals surface area contributed by atoms with Crippen LogP contribution in [0.1, 0.15) is 33.1 Å². The number of nitrogens with one attached hydrogen (secondary N) is 1. The Morgan fingerprint density at radius 1 is 1.40 bits per heavy atom. The van der Waals surface area contributed by atoms with Crippen molar-refractivity contribution in [2.45, 2.75) is 39.2 Å². The summed E-state index contributed by atoms with van der Waals surface area (Å²) < 4.78 is 4.74. The fraction of sp³-hybridized carbons (Fsp3) is 0.800. The molecule has 0 spiro atoms. The van der Waals surface area contributed by atoms with E-state index in [-0.39, 0.29) is 11.9 Å². The van der Waals surface area contributed by atoms with E-state index in [1.54, 1.807) is 6.92 Å². The van der Waals surface area contributed by atoms with Gasteiger partial charge in [-0.2, -0.15) is 0 Å². The average Bonchev–Trinajstić information content (AvgIpc) is 2.23. The average molecular weight is 216 g/mol. The van der Waals surface area contributed by atoms with Gasteiger partial charge in [0.1, 0.15) is 0 Å². The van der Waals surface area contributed by atoms with Gasteiger partial charge in [0.25, 0.3) is 0 Å². The molecule has 0 heterocycles. The number of nitrogens with two attached hydrogens (primary N) is 1. The number of esters is 1. The fourth-order valence-corrected chi connectivity index (χ4v) is 0.994. The third-order valence-corrected chi connectivity index (χ3v) is 1.94. The van der Waals surface area contributed by atoms with Crippen LogP contribution < -0.4 is 11.1 Å². The Morgan fingerprint density at radius 3 is 2.60 bits per heavy atom. The normalized spacial score (nSPS) is 11.9. The van der Waals surface area contributed by atoms with E-state index in [1.165, 1.54) is 0 Å². The minimum atomic E-state index is -0.451. The van der Waals surface area contributed by atoms with Crippen molar-refractivity contribution < 1.29 is 14.3 Å². The summed E-state index contributed by atoms with van der Waals surface area (Å²) in [5.41, 5.74) is 5.50. The summed E-state index contributed by atoms with van der Waals surface area (Å²) in [7, 11) is 0. The van der Waals surface area contributed by atoms with E-state index in [4.69, 9.17) is 10.5 Å². The molecule has 0 aromatic rings. The molecular formula is C10H20N2O3. The highest BCUT2D eigenvalue weighted by Crippen LogP contribution is 1.92. The second kappa shape index (κ2) is 8.23. The smallest absolute Gasteiger partial charge is 0.305 e. The highest BCUT2D eigenvalue weighted by molar-refractivity contribution is 5.81. The lowest BCUT2D eigenvalue weighted by Gasteiger charge is -2.09. The van der Waals surface area contributed by atoms with Crippen LogP contribution in [0.25, 0.3) is 0 Å². The summed E-state index contributed by atoms with van der Waals surface area (Å²) in [6, 6.07) is -0.451. The van der Waals surface area contributed by atoms with Crippen molar-refractivity contribution in [3.8, 4) is 0 Å². The van der Waals surface area contributed by atoms with Gasteiger partial charge in [0.15, 0.2) is 0 Å². The van der Waals surface area contributed by atoms with Crippen molar-refractivity contribution in [3.63, 3.8) is 0 Å². The van der Waals surface area contributed by atoms with Crippen molar-refractivity contribution in [3.05, 3.63) is 0 Å². The molecule has 1 amide bonds. The summed E-state index contributed by atoms with van der Waals surface area (Å²) >= 11 is 0. The van der Waals surface area contributed by atoms with Crippen LogP contribution >= 0.6 is 0 Å². The van der Waals surface area contributed by atoms with E-state index in [2.05, 4.69) is 5.32 Å². The molecule has 0 unspecified atom stereocenters. The fourth-order valence-electron chi connectivity index (χ4n) is 0.994. The number of carbonyl (C=O) groups excluding carboxylic acids is 2. The van der Waals surface area contributed by atoms with Crippen molar-refractivity contribution in [1.29, 1.82) is 0 Å². The maximum Gasteiger partial charge on any atom is 0.305 e. The van der Waals surface area contributed by atoms with Crippen LogP contribution in [0.15, 0.2) is 0 Å². The van der Waals surface area contributed by atoms with Crippen LogP contribution in [0.3, 0.4) is 0 Å². The Hall–Kier alpha value is -1.10. The van der Waals surface area contributed by atoms with E-state index in [9.17, 15) is 9.59 Å². The zero-order valence-corrected chi connectivity index (χ0v) is 9.41. The van der Waals surface area contributed by atoms with Gasteiger partial charge in [-0.3, -0.25) is 9.59 Å². The summed E-state index contributed by atoms with van der Waals surface area (Å²) in [6.07, 6.45) is 1.53. The van der Waals surface area contributed by atoms with Gasteiger partial charge in [-0.1, -0.05) is 6.92 Å². The van der Waals surface area contributed by atoms with Crippen molar-refractivity contribution in [1.82, 2.24) is 5.32 Å². The van der Waals surface area contributed by atoms with Gasteiger partial charge < -0.3 is 15.8 Å². The minimum absolute atomic E-state index is 0.165. The second-order valence-electron chi connectivity index (χ2n) is 3.21. The SMILES string of the molecule is CCOC(=O)CCCNC(=O)[C@@H](N)CC. The number of amides is 1. The molecular weight excluding hydrogens is 196 g/mol. The van der Waals surface area contributed by atoms with E-state index in [0.29, 0.717) is 32.4 Å². The molecule has 5 heteroatoms. The molecule has 0 aromatic carbocycles. The molecule has 15 heavy (non-hydrogen) atoms. The van der Waals surface area contributed by atoms with Gasteiger partial charge in [0.05, 0.1) is 12.6 Å². The molecule has 0 bridgehead atoms. The van der Waals surface area contributed by atoms with Gasteiger partial charge in [-0.25, -0.2) is 0 Å². The largest absolute Gasteiger partial charge is 0.466 e. The Labute approximate surface area is 90.4 Å². The Kier molecular flexibility index (Phi) is 7.62. The maximum atomic E-state index is 11.2. The number of rotatable bonds is 7. The standard InChI is InChI=1S/C10H20N2O3/c1-3-8(11)10(14)12-7-5-6-9(13)15-4-2/h8H,3-7,11H2,1-2H3,(H,12,14)/t8-/m0/s1.